The first-order valence-corrected chi connectivity index (χ1v) is 20.1. The topological polar surface area (TPSA) is 206 Å². The summed E-state index contributed by atoms with van der Waals surface area (Å²) < 4.78 is 16.6. The zero-order valence-electron chi connectivity index (χ0n) is 28.1. The maximum atomic E-state index is 13.6. The number of ether oxygens (including phenoxy) is 2. The van der Waals surface area contributed by atoms with Gasteiger partial charge in [-0.3, -0.25) is 39.5 Å². The normalized spacial score (nSPS) is 20.0. The summed E-state index contributed by atoms with van der Waals surface area (Å²) in [6, 6.07) is 9.83. The summed E-state index contributed by atoms with van der Waals surface area (Å²) in [6.45, 7) is 9.17. The van der Waals surface area contributed by atoms with E-state index >= 15 is 0 Å². The van der Waals surface area contributed by atoms with Crippen molar-refractivity contribution in [3.05, 3.63) is 79.9 Å². The summed E-state index contributed by atoms with van der Waals surface area (Å²) in [5.74, 6) is -4.98. The summed E-state index contributed by atoms with van der Waals surface area (Å²) in [5.41, 5.74) is 0.719. The first-order chi connectivity index (χ1) is 23.5. The van der Waals surface area contributed by atoms with Crippen LogP contribution < -0.4 is 0 Å². The van der Waals surface area contributed by atoms with Crippen LogP contribution in [0.25, 0.3) is 0 Å². The molecule has 0 saturated carbocycles. The highest BCUT2D eigenvalue weighted by molar-refractivity contribution is 8.14. The van der Waals surface area contributed by atoms with Crippen LogP contribution in [0.15, 0.2) is 48.5 Å². The average molecular weight is 731 g/mol. The lowest BCUT2D eigenvalue weighted by molar-refractivity contribution is -0.385. The van der Waals surface area contributed by atoms with Crippen molar-refractivity contribution in [2.45, 2.75) is 70.5 Å². The van der Waals surface area contributed by atoms with Gasteiger partial charge in [-0.25, -0.2) is 9.59 Å². The monoisotopic (exact) mass is 730 g/mol. The highest BCUT2D eigenvalue weighted by Crippen LogP contribution is 2.40. The predicted octanol–water partition coefficient (Wildman–Crippen LogP) is 4.45. The van der Waals surface area contributed by atoms with Gasteiger partial charge in [0.1, 0.15) is 13.2 Å². The molecular weight excluding hydrogens is 693 g/mol. The molecule has 0 N–H and O–H groups in total. The van der Waals surface area contributed by atoms with Crippen molar-refractivity contribution in [1.82, 2.24) is 9.80 Å². The quantitative estimate of drug-likeness (QED) is 0.0740. The third-order valence-electron chi connectivity index (χ3n) is 8.22. The molecule has 5 atom stereocenters. The molecule has 2 aliphatic heterocycles. The molecule has 2 aliphatic rings. The Bertz CT molecular complexity index is 1650. The summed E-state index contributed by atoms with van der Waals surface area (Å²) >= 11 is 0.996. The third-order valence-corrected chi connectivity index (χ3v) is 10.6. The fraction of sp³-hybridized carbons (Fsp3) is 0.469. The van der Waals surface area contributed by atoms with E-state index in [1.165, 1.54) is 53.4 Å². The number of nitrogens with zero attached hydrogens (tertiary/aromatic N) is 4. The molecule has 4 rings (SSSR count). The van der Waals surface area contributed by atoms with Crippen molar-refractivity contribution in [3.8, 4) is 0 Å². The number of benzene rings is 2. The largest absolute Gasteiger partial charge is 0.454 e. The van der Waals surface area contributed by atoms with E-state index in [4.69, 9.17) is 13.9 Å². The Morgan fingerprint density at radius 1 is 0.900 bits per heavy atom. The van der Waals surface area contributed by atoms with Gasteiger partial charge in [0.2, 0.25) is 5.91 Å². The van der Waals surface area contributed by atoms with E-state index in [9.17, 15) is 44.2 Å². The van der Waals surface area contributed by atoms with Crippen molar-refractivity contribution >= 4 is 60.4 Å². The molecule has 2 saturated heterocycles. The Morgan fingerprint density at radius 2 is 1.42 bits per heavy atom. The highest BCUT2D eigenvalue weighted by Gasteiger charge is 2.58. The number of likely N-dealkylation sites (tertiary alicyclic amines) is 2. The first-order valence-electron chi connectivity index (χ1n) is 15.8. The van der Waals surface area contributed by atoms with Gasteiger partial charge in [-0.05, 0) is 68.4 Å². The van der Waals surface area contributed by atoms with Gasteiger partial charge in [0.25, 0.3) is 11.4 Å². The summed E-state index contributed by atoms with van der Waals surface area (Å²) in [4.78, 5) is 88.6. The molecule has 2 fully saturated rings. The minimum atomic E-state index is -2.16. The van der Waals surface area contributed by atoms with Crippen LogP contribution in [-0.4, -0.2) is 87.4 Å². The van der Waals surface area contributed by atoms with Crippen LogP contribution in [0.5, 0.6) is 0 Å². The molecule has 0 spiro atoms. The van der Waals surface area contributed by atoms with E-state index in [0.717, 1.165) is 16.7 Å². The van der Waals surface area contributed by atoms with E-state index in [2.05, 4.69) is 0 Å². The standard InChI is InChI=1S/C32H38N4O12SSi/c1-19(31(40)49-25-14-15-33(16-25)32(41)47-18-22-8-12-24(13-9-22)36(44)45)27-26(20(2)48-50(3,4)5)28(37)34(27)29(38)30(39)46-17-21-6-10-23(11-7-21)35(42)43/h6-13,19-20,25-27H,14-18H2,1-5H3/t19-,20-,25+,26-,27+/m1/s1. The second-order valence-electron chi connectivity index (χ2n) is 13.0. The predicted molar refractivity (Wildman–Crippen MR) is 181 cm³/mol. The van der Waals surface area contributed by atoms with Crippen molar-refractivity contribution in [2.24, 2.45) is 11.8 Å². The molecule has 3 amide bonds. The molecule has 0 radical (unpaired) electrons. The van der Waals surface area contributed by atoms with Crippen molar-refractivity contribution < 1.29 is 47.7 Å². The number of carbonyl (C=O) groups is 5. The number of hydrogen-bond acceptors (Lipinski definition) is 13. The minimum Gasteiger partial charge on any atom is -0.454 e. The molecule has 16 nitrogen and oxygen atoms in total. The summed E-state index contributed by atoms with van der Waals surface area (Å²) in [7, 11) is -2.16. The van der Waals surface area contributed by atoms with E-state index in [1.807, 2.05) is 19.6 Å². The number of non-ortho nitro benzene ring substituents is 2. The number of esters is 1. The number of rotatable bonds is 12. The number of nitro groups is 2. The summed E-state index contributed by atoms with van der Waals surface area (Å²) in [6.07, 6.45) is -0.764. The molecule has 0 aromatic heterocycles. The van der Waals surface area contributed by atoms with Gasteiger partial charge in [0.05, 0.1) is 27.9 Å². The first kappa shape index (κ1) is 38.1. The Labute approximate surface area is 292 Å². The zero-order chi connectivity index (χ0) is 36.9. The van der Waals surface area contributed by atoms with Crippen LogP contribution in [0.4, 0.5) is 16.2 Å². The number of thioether (sulfide) groups is 1. The van der Waals surface area contributed by atoms with Gasteiger partial charge < -0.3 is 18.8 Å². The van der Waals surface area contributed by atoms with Gasteiger partial charge in [-0.2, -0.15) is 0 Å². The lowest BCUT2D eigenvalue weighted by Gasteiger charge is -2.50. The van der Waals surface area contributed by atoms with E-state index in [1.54, 1.807) is 13.8 Å². The molecule has 0 aliphatic carbocycles. The Morgan fingerprint density at radius 3 is 1.92 bits per heavy atom. The van der Waals surface area contributed by atoms with Crippen LogP contribution in [0, 0.1) is 32.1 Å². The van der Waals surface area contributed by atoms with Gasteiger partial charge in [-0.1, -0.05) is 18.7 Å². The molecular formula is C32H38N4O12SSi. The Hall–Kier alpha value is -4.68. The molecule has 2 aromatic rings. The number of nitro benzene ring substituents is 2. The fourth-order valence-electron chi connectivity index (χ4n) is 5.79. The maximum absolute atomic E-state index is 13.6. The number of hydrogen-bond donors (Lipinski definition) is 0. The molecule has 18 heteroatoms. The van der Waals surface area contributed by atoms with E-state index in [0.29, 0.717) is 24.1 Å². The second kappa shape index (κ2) is 15.9. The highest BCUT2D eigenvalue weighted by atomic mass is 32.2. The smallest absolute Gasteiger partial charge is 0.410 e. The van der Waals surface area contributed by atoms with Crippen LogP contribution in [0.1, 0.15) is 31.4 Å². The fourth-order valence-corrected chi connectivity index (χ4v) is 8.21. The van der Waals surface area contributed by atoms with Gasteiger partial charge in [-0.15, -0.1) is 0 Å². The number of imide groups is 1. The SMILES string of the molecule is C[C@@H](O[Si](C)(C)C)[C@H]1C(=O)N(C(=O)C(=O)OCc2ccc([N+](=O)[O-])cc2)[C@H]1[C@@H](C)C(=O)S[C@H]1CCN(C(=O)OCc2ccc([N+](=O)[O-])cc2)C1. The average Bonchev–Trinajstić information content (AvgIpc) is 3.52. The Balaban J connectivity index is 1.38. The van der Waals surface area contributed by atoms with E-state index < -0.39 is 66.0 Å². The molecule has 50 heavy (non-hydrogen) atoms. The minimum absolute atomic E-state index is 0.0823. The lowest BCUT2D eigenvalue weighted by atomic mass is 9.77. The number of amides is 3. The number of carbonyl (C=O) groups excluding carboxylic acids is 5. The van der Waals surface area contributed by atoms with Gasteiger partial charge in [0, 0.05) is 48.5 Å². The van der Waals surface area contributed by atoms with Crippen molar-refractivity contribution in [3.63, 3.8) is 0 Å². The van der Waals surface area contributed by atoms with Crippen LogP contribution in [-0.2, 0) is 46.3 Å². The number of β-lactam (4-membered cyclic amide) rings is 1. The molecule has 2 heterocycles. The molecule has 2 aromatic carbocycles. The second-order valence-corrected chi connectivity index (χ2v) is 18.8. The van der Waals surface area contributed by atoms with Gasteiger partial charge >= 0.3 is 18.0 Å². The molecule has 0 unspecified atom stereocenters. The molecule has 268 valence electrons. The van der Waals surface area contributed by atoms with Crippen LogP contribution in [0.2, 0.25) is 19.6 Å². The van der Waals surface area contributed by atoms with Crippen LogP contribution in [0.3, 0.4) is 0 Å². The van der Waals surface area contributed by atoms with E-state index in [-0.39, 0.29) is 41.5 Å². The van der Waals surface area contributed by atoms with Gasteiger partial charge in [0.15, 0.2) is 13.4 Å². The zero-order valence-corrected chi connectivity index (χ0v) is 30.0. The van der Waals surface area contributed by atoms with Crippen LogP contribution >= 0.6 is 11.8 Å². The Kier molecular flexibility index (Phi) is 12.1. The summed E-state index contributed by atoms with van der Waals surface area (Å²) in [5, 5.41) is 21.1. The lowest BCUT2D eigenvalue weighted by Crippen LogP contribution is -2.70. The third kappa shape index (κ3) is 9.30. The molecule has 0 bridgehead atoms. The maximum Gasteiger partial charge on any atom is 0.410 e. The van der Waals surface area contributed by atoms with Crippen molar-refractivity contribution in [1.29, 1.82) is 0 Å². The van der Waals surface area contributed by atoms with Crippen molar-refractivity contribution in [2.75, 3.05) is 13.1 Å².